The number of aryl methyl sites for hydroxylation is 1. The highest BCUT2D eigenvalue weighted by atomic mass is 16.5. The van der Waals surface area contributed by atoms with Crippen LogP contribution in [0.5, 0.6) is 5.88 Å². The molecule has 4 aromatic rings. The van der Waals surface area contributed by atoms with Crippen molar-refractivity contribution in [2.24, 2.45) is 7.05 Å². The number of ether oxygens (including phenoxy) is 1. The van der Waals surface area contributed by atoms with E-state index in [2.05, 4.69) is 44.1 Å². The summed E-state index contributed by atoms with van der Waals surface area (Å²) in [7, 11) is 1.88. The summed E-state index contributed by atoms with van der Waals surface area (Å²) in [6.45, 7) is 6.43. The number of amides is 1. The van der Waals surface area contributed by atoms with Crippen molar-refractivity contribution in [1.29, 1.82) is 0 Å². The molecule has 1 amide bonds. The molecular weight excluding hydrogens is 442 g/mol. The fourth-order valence-electron chi connectivity index (χ4n) is 4.30. The van der Waals surface area contributed by atoms with Gasteiger partial charge < -0.3 is 9.64 Å². The topological polar surface area (TPSA) is 98.1 Å². The number of pyridine rings is 1. The number of carbonyl (C=O) groups excluding carboxylic acids is 1. The van der Waals surface area contributed by atoms with Crippen molar-refractivity contribution in [1.82, 2.24) is 29.6 Å². The van der Waals surface area contributed by atoms with Crippen LogP contribution in [-0.2, 0) is 7.05 Å². The van der Waals surface area contributed by atoms with Gasteiger partial charge in [-0.15, -0.1) is 0 Å². The van der Waals surface area contributed by atoms with Crippen molar-refractivity contribution in [3.05, 3.63) is 60.7 Å². The molecule has 1 aliphatic heterocycles. The third-order valence-electron chi connectivity index (χ3n) is 6.34. The number of hydrogen-bond donors (Lipinski definition) is 1. The van der Waals surface area contributed by atoms with E-state index in [4.69, 9.17) is 4.74 Å². The predicted molar refractivity (Wildman–Crippen MR) is 134 cm³/mol. The van der Waals surface area contributed by atoms with Crippen LogP contribution in [0.4, 0.5) is 5.95 Å². The minimum Gasteiger partial charge on any atom is -0.474 e. The Balaban J connectivity index is 1.27. The van der Waals surface area contributed by atoms with E-state index in [-0.39, 0.29) is 18.0 Å². The molecule has 35 heavy (non-hydrogen) atoms. The van der Waals surface area contributed by atoms with Gasteiger partial charge in [0, 0.05) is 67.3 Å². The molecule has 0 spiro atoms. The second-order valence-corrected chi connectivity index (χ2v) is 9.15. The molecule has 4 heterocycles. The summed E-state index contributed by atoms with van der Waals surface area (Å²) < 4.78 is 7.84. The van der Waals surface area contributed by atoms with E-state index in [1.807, 2.05) is 37.6 Å². The van der Waals surface area contributed by atoms with Crippen LogP contribution in [-0.4, -0.2) is 60.8 Å². The van der Waals surface area contributed by atoms with Crippen LogP contribution in [0.1, 0.15) is 37.0 Å². The van der Waals surface area contributed by atoms with E-state index in [0.29, 0.717) is 17.5 Å². The zero-order chi connectivity index (χ0) is 24.4. The Kier molecular flexibility index (Phi) is 6.41. The van der Waals surface area contributed by atoms with Gasteiger partial charge in [0.05, 0.1) is 11.7 Å². The van der Waals surface area contributed by atoms with Gasteiger partial charge >= 0.3 is 0 Å². The normalized spacial score (nSPS) is 15.0. The highest BCUT2D eigenvalue weighted by Gasteiger charge is 2.22. The summed E-state index contributed by atoms with van der Waals surface area (Å²) in [5.74, 6) is 0.391. The maximum Gasteiger partial charge on any atom is 0.258 e. The molecule has 0 radical (unpaired) electrons. The average Bonchev–Trinajstić information content (AvgIpc) is 3.30. The van der Waals surface area contributed by atoms with Gasteiger partial charge in [0.25, 0.3) is 5.91 Å². The first-order valence-electron chi connectivity index (χ1n) is 11.9. The number of aromatic nitrogens is 5. The van der Waals surface area contributed by atoms with Gasteiger partial charge in [0.15, 0.2) is 0 Å². The van der Waals surface area contributed by atoms with Gasteiger partial charge in [-0.1, -0.05) is 12.1 Å². The van der Waals surface area contributed by atoms with Crippen LogP contribution in [0.2, 0.25) is 0 Å². The van der Waals surface area contributed by atoms with E-state index >= 15 is 0 Å². The van der Waals surface area contributed by atoms with Crippen molar-refractivity contribution in [2.45, 2.75) is 38.8 Å². The molecule has 0 bridgehead atoms. The molecule has 0 unspecified atom stereocenters. The van der Waals surface area contributed by atoms with Crippen LogP contribution >= 0.6 is 0 Å². The third kappa shape index (κ3) is 5.30. The molecule has 1 N–H and O–H groups in total. The van der Waals surface area contributed by atoms with Gasteiger partial charge in [-0.25, -0.2) is 15.0 Å². The minimum absolute atomic E-state index is 0.105. The molecule has 9 heteroatoms. The third-order valence-corrected chi connectivity index (χ3v) is 6.34. The Bertz CT molecular complexity index is 1340. The number of rotatable bonds is 6. The molecule has 0 atom stereocenters. The molecule has 1 saturated heterocycles. The standard InChI is InChI=1S/C26H29N7O2/c1-17(2)33-10-7-22(8-11-33)35-24-13-19(6-9-27-24)25(34)31-26-28-14-20-5-4-18(12-23(20)30-26)21-15-29-32(3)16-21/h4-6,9,12-17,22H,7-8,10-11H2,1-3H3,(H,28,30,31,34). The fraction of sp³-hybridized carbons (Fsp3) is 0.346. The number of nitrogens with zero attached hydrogens (tertiary/aromatic N) is 6. The summed E-state index contributed by atoms with van der Waals surface area (Å²) in [6.07, 6.45) is 9.05. The van der Waals surface area contributed by atoms with Gasteiger partial charge in [-0.05, 0) is 44.4 Å². The van der Waals surface area contributed by atoms with Crippen molar-refractivity contribution >= 4 is 22.8 Å². The zero-order valence-electron chi connectivity index (χ0n) is 20.2. The maximum atomic E-state index is 12.9. The highest BCUT2D eigenvalue weighted by Crippen LogP contribution is 2.24. The molecule has 180 valence electrons. The van der Waals surface area contributed by atoms with Crippen LogP contribution in [0.25, 0.3) is 22.0 Å². The van der Waals surface area contributed by atoms with Crippen LogP contribution < -0.4 is 10.1 Å². The number of nitrogens with one attached hydrogen (secondary N) is 1. The van der Waals surface area contributed by atoms with Crippen LogP contribution in [0.3, 0.4) is 0 Å². The number of piperidine rings is 1. The summed E-state index contributed by atoms with van der Waals surface area (Å²) in [5, 5.41) is 7.91. The SMILES string of the molecule is CC(C)N1CCC(Oc2cc(C(=O)Nc3ncc4ccc(-c5cnn(C)c5)cc4n3)ccn2)CC1. The zero-order valence-corrected chi connectivity index (χ0v) is 20.2. The minimum atomic E-state index is -0.311. The van der Waals surface area contributed by atoms with E-state index in [1.165, 1.54) is 0 Å². The first kappa shape index (κ1) is 22.9. The largest absolute Gasteiger partial charge is 0.474 e. The van der Waals surface area contributed by atoms with Crippen molar-refractivity contribution in [3.63, 3.8) is 0 Å². The summed E-state index contributed by atoms with van der Waals surface area (Å²) in [6, 6.07) is 9.80. The second-order valence-electron chi connectivity index (χ2n) is 9.15. The lowest BCUT2D eigenvalue weighted by Gasteiger charge is -2.34. The molecule has 1 fully saturated rings. The number of hydrogen-bond acceptors (Lipinski definition) is 7. The molecule has 0 aliphatic carbocycles. The lowest BCUT2D eigenvalue weighted by molar-refractivity contribution is 0.0810. The molecule has 5 rings (SSSR count). The van der Waals surface area contributed by atoms with E-state index in [1.54, 1.807) is 29.2 Å². The van der Waals surface area contributed by atoms with Gasteiger partial charge in [-0.3, -0.25) is 14.8 Å². The lowest BCUT2D eigenvalue weighted by Crippen LogP contribution is -2.41. The van der Waals surface area contributed by atoms with Gasteiger partial charge in [0.2, 0.25) is 11.8 Å². The number of likely N-dealkylation sites (tertiary alicyclic amines) is 1. The molecule has 1 aromatic carbocycles. The summed E-state index contributed by atoms with van der Waals surface area (Å²) in [4.78, 5) is 28.5. The monoisotopic (exact) mass is 471 g/mol. The second kappa shape index (κ2) is 9.79. The average molecular weight is 472 g/mol. The number of fused-ring (bicyclic) bond motifs is 1. The molecule has 3 aromatic heterocycles. The van der Waals surface area contributed by atoms with E-state index in [0.717, 1.165) is 48.0 Å². The van der Waals surface area contributed by atoms with Crippen molar-refractivity contribution in [3.8, 4) is 17.0 Å². The predicted octanol–water partition coefficient (Wildman–Crippen LogP) is 3.93. The molecule has 0 saturated carbocycles. The summed E-state index contributed by atoms with van der Waals surface area (Å²) in [5.41, 5.74) is 3.18. The Morgan fingerprint density at radius 3 is 2.66 bits per heavy atom. The maximum absolute atomic E-state index is 12.9. The Hall–Kier alpha value is -3.85. The molecule has 9 nitrogen and oxygen atoms in total. The smallest absolute Gasteiger partial charge is 0.258 e. The fourth-order valence-corrected chi connectivity index (χ4v) is 4.30. The van der Waals surface area contributed by atoms with Crippen LogP contribution in [0, 0.1) is 0 Å². The van der Waals surface area contributed by atoms with Gasteiger partial charge in [-0.2, -0.15) is 5.10 Å². The lowest BCUT2D eigenvalue weighted by atomic mass is 10.1. The Morgan fingerprint density at radius 1 is 1.09 bits per heavy atom. The molecular formula is C26H29N7O2. The Labute approximate surface area is 204 Å². The first-order valence-corrected chi connectivity index (χ1v) is 11.9. The number of carbonyl (C=O) groups is 1. The van der Waals surface area contributed by atoms with Crippen molar-refractivity contribution in [2.75, 3.05) is 18.4 Å². The quantitative estimate of drug-likeness (QED) is 0.455. The number of benzene rings is 1. The van der Waals surface area contributed by atoms with E-state index < -0.39 is 0 Å². The summed E-state index contributed by atoms with van der Waals surface area (Å²) >= 11 is 0. The number of anilines is 1. The van der Waals surface area contributed by atoms with Crippen LogP contribution in [0.15, 0.2) is 55.1 Å². The van der Waals surface area contributed by atoms with Crippen molar-refractivity contribution < 1.29 is 9.53 Å². The van der Waals surface area contributed by atoms with E-state index in [9.17, 15) is 4.79 Å². The Morgan fingerprint density at radius 2 is 1.91 bits per heavy atom. The van der Waals surface area contributed by atoms with Gasteiger partial charge in [0.1, 0.15) is 6.10 Å². The molecule has 1 aliphatic rings. The highest BCUT2D eigenvalue weighted by molar-refractivity contribution is 6.03. The first-order chi connectivity index (χ1) is 16.9.